The van der Waals surface area contributed by atoms with E-state index < -0.39 is 0 Å². The number of aromatic nitrogens is 2. The van der Waals surface area contributed by atoms with Gasteiger partial charge in [0, 0.05) is 24.8 Å². The summed E-state index contributed by atoms with van der Waals surface area (Å²) in [6.07, 6.45) is 7.97. The van der Waals surface area contributed by atoms with Crippen molar-refractivity contribution < 1.29 is 0 Å². The number of nitrogens with zero attached hydrogens (tertiary/aromatic N) is 2. The van der Waals surface area contributed by atoms with Crippen LogP contribution in [0.3, 0.4) is 0 Å². The van der Waals surface area contributed by atoms with Gasteiger partial charge < -0.3 is 9.88 Å². The maximum atomic E-state index is 4.26. The minimum absolute atomic E-state index is 0.494. The molecule has 0 radical (unpaired) electrons. The molecule has 0 spiro atoms. The van der Waals surface area contributed by atoms with Gasteiger partial charge in [-0.15, -0.1) is 0 Å². The first-order chi connectivity index (χ1) is 8.63. The summed E-state index contributed by atoms with van der Waals surface area (Å²) in [6.45, 7) is 10.1. The molecule has 1 aliphatic rings. The molecule has 3 atom stereocenters. The molecule has 1 heterocycles. The van der Waals surface area contributed by atoms with Crippen molar-refractivity contribution in [1.82, 2.24) is 14.9 Å². The van der Waals surface area contributed by atoms with Gasteiger partial charge in [0.1, 0.15) is 0 Å². The molecule has 3 nitrogen and oxygen atoms in total. The van der Waals surface area contributed by atoms with Crippen LogP contribution in [0.1, 0.15) is 58.7 Å². The molecule has 0 saturated heterocycles. The quantitative estimate of drug-likeness (QED) is 0.867. The molecule has 1 fully saturated rings. The first kappa shape index (κ1) is 13.6. The second kappa shape index (κ2) is 5.87. The van der Waals surface area contributed by atoms with E-state index in [-0.39, 0.29) is 0 Å². The lowest BCUT2D eigenvalue weighted by Gasteiger charge is -2.21. The van der Waals surface area contributed by atoms with E-state index >= 15 is 0 Å². The van der Waals surface area contributed by atoms with E-state index in [9.17, 15) is 0 Å². The largest absolute Gasteiger partial charge is 0.331 e. The minimum Gasteiger partial charge on any atom is -0.331 e. The Labute approximate surface area is 111 Å². The van der Waals surface area contributed by atoms with Crippen LogP contribution in [0.25, 0.3) is 0 Å². The van der Waals surface area contributed by atoms with Gasteiger partial charge in [-0.25, -0.2) is 4.98 Å². The molecule has 0 bridgehead atoms. The van der Waals surface area contributed by atoms with Gasteiger partial charge in [-0.3, -0.25) is 0 Å². The van der Waals surface area contributed by atoms with E-state index in [0.29, 0.717) is 12.1 Å². The number of hydrogen-bond donors (Lipinski definition) is 1. The Balaban J connectivity index is 1.90. The van der Waals surface area contributed by atoms with Crippen LogP contribution >= 0.6 is 0 Å². The molecule has 0 aliphatic heterocycles. The van der Waals surface area contributed by atoms with Gasteiger partial charge in [0.25, 0.3) is 0 Å². The maximum Gasteiger partial charge on any atom is 0.0951 e. The Hall–Kier alpha value is -0.830. The molecule has 1 saturated carbocycles. The second-order valence-electron chi connectivity index (χ2n) is 5.98. The SMILES string of the molecule is CCC1CCC(NCc2cncn2C(C)C)C1C. The van der Waals surface area contributed by atoms with Crippen molar-refractivity contribution in [3.05, 3.63) is 18.2 Å². The Bertz CT molecular complexity index is 370. The van der Waals surface area contributed by atoms with Gasteiger partial charge in [-0.1, -0.05) is 20.3 Å². The zero-order valence-corrected chi connectivity index (χ0v) is 12.2. The topological polar surface area (TPSA) is 29.9 Å². The van der Waals surface area contributed by atoms with Gasteiger partial charge in [-0.2, -0.15) is 0 Å². The average Bonchev–Trinajstić information content (AvgIpc) is 2.93. The van der Waals surface area contributed by atoms with Gasteiger partial charge in [0.15, 0.2) is 0 Å². The monoisotopic (exact) mass is 249 g/mol. The van der Waals surface area contributed by atoms with Crippen LogP contribution in [0.2, 0.25) is 0 Å². The molecule has 3 unspecified atom stereocenters. The normalized spacial score (nSPS) is 28.2. The molecule has 1 aromatic heterocycles. The summed E-state index contributed by atoms with van der Waals surface area (Å²) in [6, 6.07) is 1.18. The standard InChI is InChI=1S/C15H27N3/c1-5-13-6-7-15(12(13)4)17-9-14-8-16-10-18(14)11(2)3/h8,10-13,15,17H,5-7,9H2,1-4H3. The predicted molar refractivity (Wildman–Crippen MR) is 75.4 cm³/mol. The van der Waals surface area contributed by atoms with Crippen LogP contribution in [0.4, 0.5) is 0 Å². The molecule has 1 N–H and O–H groups in total. The Morgan fingerprint density at radius 3 is 2.83 bits per heavy atom. The van der Waals surface area contributed by atoms with Crippen molar-refractivity contribution in [2.75, 3.05) is 0 Å². The number of nitrogens with one attached hydrogen (secondary N) is 1. The molecule has 1 aliphatic carbocycles. The number of rotatable bonds is 5. The molecule has 0 aromatic carbocycles. The lowest BCUT2D eigenvalue weighted by molar-refractivity contribution is 0.341. The Kier molecular flexibility index (Phi) is 4.44. The zero-order chi connectivity index (χ0) is 13.1. The van der Waals surface area contributed by atoms with E-state index in [1.54, 1.807) is 0 Å². The van der Waals surface area contributed by atoms with Gasteiger partial charge >= 0.3 is 0 Å². The summed E-state index contributed by atoms with van der Waals surface area (Å²) in [4.78, 5) is 4.26. The average molecular weight is 249 g/mol. The first-order valence-corrected chi connectivity index (χ1v) is 7.37. The van der Waals surface area contributed by atoms with Crippen molar-refractivity contribution in [3.8, 4) is 0 Å². The fraction of sp³-hybridized carbons (Fsp3) is 0.800. The highest BCUT2D eigenvalue weighted by Gasteiger charge is 2.31. The first-order valence-electron chi connectivity index (χ1n) is 7.37. The van der Waals surface area contributed by atoms with Crippen molar-refractivity contribution in [3.63, 3.8) is 0 Å². The summed E-state index contributed by atoms with van der Waals surface area (Å²) in [5, 5.41) is 3.73. The third-order valence-electron chi connectivity index (χ3n) is 4.60. The maximum absolute atomic E-state index is 4.26. The predicted octanol–water partition coefficient (Wildman–Crippen LogP) is 3.38. The van der Waals surface area contributed by atoms with Crippen LogP contribution < -0.4 is 5.32 Å². The third kappa shape index (κ3) is 2.77. The van der Waals surface area contributed by atoms with Crippen LogP contribution in [-0.2, 0) is 6.54 Å². The van der Waals surface area contributed by atoms with Crippen LogP contribution in [0.5, 0.6) is 0 Å². The lowest BCUT2D eigenvalue weighted by Crippen LogP contribution is -2.32. The van der Waals surface area contributed by atoms with Crippen molar-refractivity contribution in [1.29, 1.82) is 0 Å². The molecule has 2 rings (SSSR count). The highest BCUT2D eigenvalue weighted by Crippen LogP contribution is 2.33. The van der Waals surface area contributed by atoms with E-state index in [4.69, 9.17) is 0 Å². The van der Waals surface area contributed by atoms with Crippen LogP contribution in [0.15, 0.2) is 12.5 Å². The molecular weight excluding hydrogens is 222 g/mol. The minimum atomic E-state index is 0.494. The van der Waals surface area contributed by atoms with Crippen LogP contribution in [-0.4, -0.2) is 15.6 Å². The summed E-state index contributed by atoms with van der Waals surface area (Å²) >= 11 is 0. The summed E-state index contributed by atoms with van der Waals surface area (Å²) < 4.78 is 2.25. The zero-order valence-electron chi connectivity index (χ0n) is 12.2. The van der Waals surface area contributed by atoms with Crippen molar-refractivity contribution in [2.45, 2.75) is 65.6 Å². The van der Waals surface area contributed by atoms with Gasteiger partial charge in [0.05, 0.1) is 12.0 Å². The van der Waals surface area contributed by atoms with Crippen molar-refractivity contribution >= 4 is 0 Å². The van der Waals surface area contributed by atoms with E-state index in [1.807, 2.05) is 12.5 Å². The second-order valence-corrected chi connectivity index (χ2v) is 5.98. The number of imidazole rings is 1. The highest BCUT2D eigenvalue weighted by molar-refractivity contribution is 5.00. The fourth-order valence-electron chi connectivity index (χ4n) is 3.28. The third-order valence-corrected chi connectivity index (χ3v) is 4.60. The van der Waals surface area contributed by atoms with Gasteiger partial charge in [-0.05, 0) is 38.5 Å². The number of hydrogen-bond acceptors (Lipinski definition) is 2. The summed E-state index contributed by atoms with van der Waals surface area (Å²) in [5.74, 6) is 1.72. The summed E-state index contributed by atoms with van der Waals surface area (Å²) in [5.41, 5.74) is 1.30. The molecule has 3 heteroatoms. The van der Waals surface area contributed by atoms with Crippen molar-refractivity contribution in [2.24, 2.45) is 11.8 Å². The summed E-state index contributed by atoms with van der Waals surface area (Å²) in [7, 11) is 0. The molecule has 18 heavy (non-hydrogen) atoms. The highest BCUT2D eigenvalue weighted by atomic mass is 15.1. The smallest absolute Gasteiger partial charge is 0.0951 e. The van der Waals surface area contributed by atoms with E-state index in [1.165, 1.54) is 25.0 Å². The lowest BCUT2D eigenvalue weighted by atomic mass is 9.93. The van der Waals surface area contributed by atoms with Crippen LogP contribution in [0, 0.1) is 11.8 Å². The molecule has 0 amide bonds. The van der Waals surface area contributed by atoms with E-state index in [0.717, 1.165) is 18.4 Å². The Morgan fingerprint density at radius 1 is 1.44 bits per heavy atom. The molecule has 1 aromatic rings. The molecule has 102 valence electrons. The molecular formula is C15H27N3. The Morgan fingerprint density at radius 2 is 2.22 bits per heavy atom. The van der Waals surface area contributed by atoms with Gasteiger partial charge in [0.2, 0.25) is 0 Å². The fourth-order valence-corrected chi connectivity index (χ4v) is 3.28. The van der Waals surface area contributed by atoms with E-state index in [2.05, 4.69) is 42.6 Å².